The Labute approximate surface area is 234 Å². The third kappa shape index (κ3) is 4.32. The first-order valence-corrected chi connectivity index (χ1v) is 14.5. The number of ether oxygens (including phenoxy) is 1. The molecule has 1 heterocycles. The third-order valence-electron chi connectivity index (χ3n) is 9.07. The number of fused-ring (bicyclic) bond motifs is 2. The zero-order valence-corrected chi connectivity index (χ0v) is 22.5. The zero-order chi connectivity index (χ0) is 27.6. The van der Waals surface area contributed by atoms with Crippen molar-refractivity contribution in [3.05, 3.63) is 71.0 Å². The number of hydrogen-bond acceptors (Lipinski definition) is 6. The Bertz CT molecular complexity index is 1620. The highest BCUT2D eigenvalue weighted by molar-refractivity contribution is 7.18. The van der Waals surface area contributed by atoms with Crippen molar-refractivity contribution in [2.24, 2.45) is 17.3 Å². The number of aliphatic hydroxyl groups is 1. The van der Waals surface area contributed by atoms with Gasteiger partial charge in [-0.3, -0.25) is 4.79 Å². The number of aromatic nitrogens is 1. The predicted octanol–water partition coefficient (Wildman–Crippen LogP) is 5.68. The van der Waals surface area contributed by atoms with Gasteiger partial charge >= 0.3 is 5.97 Å². The minimum atomic E-state index is -1.14. The van der Waals surface area contributed by atoms with Crippen LogP contribution < -0.4 is 10.1 Å². The topological polar surface area (TPSA) is 109 Å². The molecule has 3 N–H and O–H groups in total. The number of carbonyl (C=O) groups excluding carboxylic acids is 1. The van der Waals surface area contributed by atoms with Crippen LogP contribution >= 0.6 is 11.3 Å². The maximum atomic E-state index is 14.0. The fourth-order valence-electron chi connectivity index (χ4n) is 8.03. The molecule has 4 bridgehead atoms. The summed E-state index contributed by atoms with van der Waals surface area (Å²) in [6, 6.07) is 14.0. The summed E-state index contributed by atoms with van der Waals surface area (Å²) in [5, 5.41) is 26.2. The van der Waals surface area contributed by atoms with Crippen LogP contribution in [-0.4, -0.2) is 38.7 Å². The molecule has 0 radical (unpaired) electrons. The Hall–Kier alpha value is -3.56. The normalized spacial score (nSPS) is 27.6. The van der Waals surface area contributed by atoms with E-state index >= 15 is 0 Å². The first-order valence-electron chi connectivity index (χ1n) is 13.7. The molecule has 3 aromatic carbocycles. The standard InChI is InChI=1S/C31H29FN2O5S/c32-20-6-8-21-19(10-20)5-7-22(26(21)39-15-25-33-23-3-1-2-4-24(23)40-25)28(35)34-27(29(36)37)30-11-17-9-18(12-30)14-31(38,13-17)16-30/h1-8,10,17-18,27,38H,9,11-16H2,(H,34,35)(H,36,37). The first kappa shape index (κ1) is 25.4. The minimum absolute atomic E-state index is 0.0960. The summed E-state index contributed by atoms with van der Waals surface area (Å²) in [6.07, 6.45) is 4.16. The first-order chi connectivity index (χ1) is 19.2. The number of nitrogens with one attached hydrogen (secondary N) is 1. The lowest BCUT2D eigenvalue weighted by Crippen LogP contribution is -2.64. The number of hydrogen-bond donors (Lipinski definition) is 3. The molecular formula is C31H29FN2O5S. The van der Waals surface area contributed by atoms with E-state index in [0.717, 1.165) is 21.6 Å². The highest BCUT2D eigenvalue weighted by Gasteiger charge is 2.61. The molecule has 4 aliphatic rings. The van der Waals surface area contributed by atoms with Crippen LogP contribution in [0.5, 0.6) is 5.75 Å². The number of thiazole rings is 1. The number of halogens is 1. The van der Waals surface area contributed by atoms with Crippen LogP contribution in [0, 0.1) is 23.1 Å². The maximum absolute atomic E-state index is 14.0. The predicted molar refractivity (Wildman–Crippen MR) is 149 cm³/mol. The number of amides is 1. The lowest BCUT2D eigenvalue weighted by atomic mass is 9.46. The van der Waals surface area contributed by atoms with E-state index in [9.17, 15) is 24.2 Å². The van der Waals surface area contributed by atoms with Crippen LogP contribution in [0.25, 0.3) is 21.0 Å². The molecule has 4 aromatic rings. The molecule has 40 heavy (non-hydrogen) atoms. The van der Waals surface area contributed by atoms with Gasteiger partial charge in [0.2, 0.25) is 0 Å². The fourth-order valence-corrected chi connectivity index (χ4v) is 8.91. The van der Waals surface area contributed by atoms with Gasteiger partial charge < -0.3 is 20.3 Å². The summed E-state index contributed by atoms with van der Waals surface area (Å²) >= 11 is 1.49. The van der Waals surface area contributed by atoms with Crippen LogP contribution in [0.3, 0.4) is 0 Å². The van der Waals surface area contributed by atoms with Crippen molar-refractivity contribution < 1.29 is 28.9 Å². The SMILES string of the molecule is O=C(NC(C(=O)O)C12CC3CC(CC(O)(C3)C1)C2)c1ccc2cc(F)ccc2c1OCc1nc2ccccc2s1. The van der Waals surface area contributed by atoms with Crippen LogP contribution in [0.1, 0.15) is 53.9 Å². The molecule has 4 fully saturated rings. The lowest BCUT2D eigenvalue weighted by Gasteiger charge is -2.61. The average molecular weight is 561 g/mol. The molecule has 206 valence electrons. The number of nitrogens with zero attached hydrogens (tertiary/aromatic N) is 1. The number of para-hydroxylation sites is 1. The van der Waals surface area contributed by atoms with Crippen molar-refractivity contribution in [2.75, 3.05) is 0 Å². The van der Waals surface area contributed by atoms with E-state index in [2.05, 4.69) is 10.3 Å². The number of aliphatic carboxylic acids is 1. The number of rotatable bonds is 7. The lowest BCUT2D eigenvalue weighted by molar-refractivity contribution is -0.181. The second-order valence-electron chi connectivity index (χ2n) is 12.0. The molecule has 3 unspecified atom stereocenters. The van der Waals surface area contributed by atoms with E-state index in [1.54, 1.807) is 18.2 Å². The van der Waals surface area contributed by atoms with Crippen LogP contribution in [-0.2, 0) is 11.4 Å². The highest BCUT2D eigenvalue weighted by Crippen LogP contribution is 2.62. The summed E-state index contributed by atoms with van der Waals surface area (Å²) in [7, 11) is 0. The van der Waals surface area contributed by atoms with Crippen molar-refractivity contribution in [3.63, 3.8) is 0 Å². The van der Waals surface area contributed by atoms with Gasteiger partial charge in [0.05, 0.1) is 21.4 Å². The molecule has 1 amide bonds. The average Bonchev–Trinajstić information content (AvgIpc) is 3.31. The summed E-state index contributed by atoms with van der Waals surface area (Å²) in [4.78, 5) is 31.1. The Balaban J connectivity index is 1.22. The summed E-state index contributed by atoms with van der Waals surface area (Å²) in [6.45, 7) is 0.0960. The van der Waals surface area contributed by atoms with E-state index in [1.807, 2.05) is 24.3 Å². The highest BCUT2D eigenvalue weighted by atomic mass is 32.1. The molecule has 9 heteroatoms. The Morgan fingerprint density at radius 3 is 2.60 bits per heavy atom. The maximum Gasteiger partial charge on any atom is 0.326 e. The Kier molecular flexibility index (Phi) is 5.87. The number of carboxylic acid groups (broad SMARTS) is 1. The number of carbonyl (C=O) groups is 2. The van der Waals surface area contributed by atoms with Crippen molar-refractivity contribution in [2.45, 2.75) is 56.8 Å². The van der Waals surface area contributed by atoms with E-state index in [0.29, 0.717) is 42.9 Å². The molecule has 4 saturated carbocycles. The summed E-state index contributed by atoms with van der Waals surface area (Å²) in [5.41, 5.74) is -0.524. The van der Waals surface area contributed by atoms with Crippen molar-refractivity contribution in [1.29, 1.82) is 0 Å². The molecule has 0 aliphatic heterocycles. The van der Waals surface area contributed by atoms with Crippen LogP contribution in [0.4, 0.5) is 4.39 Å². The van der Waals surface area contributed by atoms with Crippen LogP contribution in [0.2, 0.25) is 0 Å². The van der Waals surface area contributed by atoms with E-state index in [4.69, 9.17) is 4.74 Å². The Morgan fingerprint density at radius 1 is 1.10 bits per heavy atom. The molecule has 4 aliphatic carbocycles. The number of benzene rings is 3. The van der Waals surface area contributed by atoms with E-state index in [-0.39, 0.29) is 29.8 Å². The summed E-state index contributed by atoms with van der Waals surface area (Å²) in [5.74, 6) is -1.28. The van der Waals surface area contributed by atoms with Crippen LogP contribution in [0.15, 0.2) is 54.6 Å². The van der Waals surface area contributed by atoms with E-state index < -0.39 is 34.8 Å². The third-order valence-corrected chi connectivity index (χ3v) is 10.1. The number of carboxylic acids is 1. The zero-order valence-electron chi connectivity index (χ0n) is 21.7. The molecule has 0 saturated heterocycles. The molecule has 3 atom stereocenters. The quantitative estimate of drug-likeness (QED) is 0.268. The van der Waals surface area contributed by atoms with Gasteiger partial charge in [-0.1, -0.05) is 18.2 Å². The second kappa shape index (κ2) is 9.24. The van der Waals surface area contributed by atoms with Gasteiger partial charge in [0.1, 0.15) is 29.2 Å². The summed E-state index contributed by atoms with van der Waals surface area (Å²) < 4.78 is 21.3. The van der Waals surface area contributed by atoms with Gasteiger partial charge in [0.25, 0.3) is 5.91 Å². The molecule has 1 aromatic heterocycles. The largest absolute Gasteiger partial charge is 0.485 e. The van der Waals surface area contributed by atoms with Gasteiger partial charge in [-0.2, -0.15) is 0 Å². The Morgan fingerprint density at radius 2 is 1.88 bits per heavy atom. The molecule has 8 rings (SSSR count). The van der Waals surface area contributed by atoms with Gasteiger partial charge in [0, 0.05) is 10.8 Å². The van der Waals surface area contributed by atoms with E-state index in [1.165, 1.54) is 23.5 Å². The van der Waals surface area contributed by atoms with Gasteiger partial charge in [-0.05, 0) is 92.1 Å². The van der Waals surface area contributed by atoms with Crippen molar-refractivity contribution >= 4 is 44.2 Å². The molecule has 0 spiro atoms. The van der Waals surface area contributed by atoms with Gasteiger partial charge in [-0.25, -0.2) is 14.2 Å². The molecular weight excluding hydrogens is 531 g/mol. The fraction of sp³-hybridized carbons (Fsp3) is 0.387. The molecule has 7 nitrogen and oxygen atoms in total. The minimum Gasteiger partial charge on any atom is -0.485 e. The van der Waals surface area contributed by atoms with Gasteiger partial charge in [-0.15, -0.1) is 11.3 Å². The van der Waals surface area contributed by atoms with Crippen molar-refractivity contribution in [3.8, 4) is 5.75 Å². The second-order valence-corrected chi connectivity index (χ2v) is 13.1. The van der Waals surface area contributed by atoms with Crippen molar-refractivity contribution in [1.82, 2.24) is 10.3 Å². The monoisotopic (exact) mass is 560 g/mol. The van der Waals surface area contributed by atoms with Gasteiger partial charge in [0.15, 0.2) is 0 Å². The smallest absolute Gasteiger partial charge is 0.326 e.